The van der Waals surface area contributed by atoms with Crippen molar-refractivity contribution in [3.8, 4) is 0 Å². The lowest BCUT2D eigenvalue weighted by Crippen LogP contribution is -1.82. The molecule has 0 aliphatic carbocycles. The number of rotatable bonds is 12. The van der Waals surface area contributed by atoms with Crippen molar-refractivity contribution < 1.29 is 39.8 Å². The highest BCUT2D eigenvalue weighted by molar-refractivity contribution is 7.80. The predicted octanol–water partition coefficient (Wildman–Crippen LogP) is 5.62. The molecule has 0 saturated carbocycles. The van der Waals surface area contributed by atoms with Crippen LogP contribution in [0.5, 0.6) is 0 Å². The summed E-state index contributed by atoms with van der Waals surface area (Å²) in [4.78, 5) is 0. The van der Waals surface area contributed by atoms with Gasteiger partial charge in [0.2, 0.25) is 0 Å². The van der Waals surface area contributed by atoms with Crippen LogP contribution in [0.3, 0.4) is 0 Å². The molecule has 0 heterocycles. The molecule has 0 unspecified atom stereocenters. The largest absolute Gasteiger partial charge is 0.179 e. The molecule has 1 heteroatoms. The maximum absolute atomic E-state index is 8.09. The normalized spacial score (nSPS) is 52.7. The van der Waals surface area contributed by atoms with E-state index in [1.165, 1.54) is 0 Å². The second-order valence-electron chi connectivity index (χ2n) is 1.61. The molecule has 0 aliphatic heterocycles. The Kier molecular flexibility index (Phi) is 1.61. The summed E-state index contributed by atoms with van der Waals surface area (Å²) in [5, 5.41) is 0. The molecule has 0 rings (SSSR count). The number of thiol groups is 1. The Hall–Kier alpha value is 0.350. The van der Waals surface area contributed by atoms with Crippen LogP contribution in [0.2, 0.25) is 0 Å². The topological polar surface area (TPSA) is 0 Å². The van der Waals surface area contributed by atoms with E-state index in [1.807, 2.05) is 0 Å². The summed E-state index contributed by atoms with van der Waals surface area (Å²) in [6.07, 6.45) is -56.4. The fourth-order valence-corrected chi connectivity index (χ4v) is 0.396. The van der Waals surface area contributed by atoms with E-state index in [0.717, 1.165) is 0 Å². The summed E-state index contributed by atoms with van der Waals surface area (Å²) in [5.74, 6) is 0. The minimum atomic E-state index is -4.96. The second-order valence-corrected chi connectivity index (χ2v) is 1.84. The first-order valence-electron chi connectivity index (χ1n) is 18.0. The van der Waals surface area contributed by atoms with Crippen molar-refractivity contribution >= 4 is 12.6 Å². The molecule has 0 N–H and O–H groups in total. The van der Waals surface area contributed by atoms with Gasteiger partial charge in [-0.3, -0.25) is 0 Å². The summed E-state index contributed by atoms with van der Waals surface area (Å²) >= 11 is 3.17. The zero-order chi connectivity index (χ0) is 37.0. The predicted molar refractivity (Wildman–Crippen MR) is 74.9 cm³/mol. The van der Waals surface area contributed by atoms with E-state index >= 15 is 0 Å². The van der Waals surface area contributed by atoms with Crippen molar-refractivity contribution in [2.75, 3.05) is 5.70 Å². The third kappa shape index (κ3) is 14.4. The molecule has 15 heavy (non-hydrogen) atoms. The Morgan fingerprint density at radius 3 is 1.53 bits per heavy atom. The minimum Gasteiger partial charge on any atom is -0.179 e. The van der Waals surface area contributed by atoms with Gasteiger partial charge in [-0.1, -0.05) is 77.0 Å². The quantitative estimate of drug-likeness (QED) is 0.432. The Morgan fingerprint density at radius 1 is 0.733 bits per heavy atom. The van der Waals surface area contributed by atoms with Crippen LogP contribution in [0, 0.1) is 0 Å². The minimum absolute atomic E-state index is 3.17. The SMILES string of the molecule is [2H]C([2H])([2H])C([2H])([2H])C([2H])([2H])C([2H])([2H])C([2H])([2H])C([2H])([2H])C([2H])([2H])C([2H])([2H])C([2H])([2H])C([2H])([2H])C([2H])([2H])C([2H])([2H])C([2H])([2H])C([2H])([2H])S. The maximum atomic E-state index is 8.09. The first-order chi connectivity index (χ1) is 18.2. The molecule has 0 aromatic carbocycles. The third-order valence-electron chi connectivity index (χ3n) is 0.743. The molecule has 0 nitrogen and oxygen atoms in total. The van der Waals surface area contributed by atoms with Gasteiger partial charge in [-0.2, -0.15) is 12.6 Å². The van der Waals surface area contributed by atoms with Crippen LogP contribution in [0.15, 0.2) is 0 Å². The van der Waals surface area contributed by atoms with Gasteiger partial charge >= 0.3 is 0 Å². The maximum Gasteiger partial charge on any atom is 0.0378 e. The van der Waals surface area contributed by atoms with Gasteiger partial charge < -0.3 is 0 Å². The molecule has 0 aromatic heterocycles. The van der Waals surface area contributed by atoms with Gasteiger partial charge in [0.05, 0.1) is 0 Å². The van der Waals surface area contributed by atoms with Crippen molar-refractivity contribution in [2.45, 2.75) is 83.3 Å². The fraction of sp³-hybridized carbons (Fsp3) is 1.00. The molecule has 0 aromatic rings. The van der Waals surface area contributed by atoms with E-state index in [4.69, 9.17) is 39.8 Å². The van der Waals surface area contributed by atoms with E-state index in [2.05, 4.69) is 12.6 Å². The van der Waals surface area contributed by atoms with Gasteiger partial charge in [0.15, 0.2) is 0 Å². The molecule has 0 radical (unpaired) electrons. The Balaban J connectivity index is 7.52. The molecular weight excluding hydrogens is 200 g/mol. The molecule has 0 saturated heterocycles. The van der Waals surface area contributed by atoms with Gasteiger partial charge in [0, 0.05) is 39.8 Å². The van der Waals surface area contributed by atoms with Gasteiger partial charge in [-0.05, 0) is 12.1 Å². The summed E-state index contributed by atoms with van der Waals surface area (Å²) < 4.78 is 227. The van der Waals surface area contributed by atoms with Crippen LogP contribution in [0.25, 0.3) is 0 Å². The van der Waals surface area contributed by atoms with E-state index < -0.39 is 89.0 Å². The highest BCUT2D eigenvalue weighted by Crippen LogP contribution is 2.11. The van der Waals surface area contributed by atoms with Crippen LogP contribution in [-0.2, 0) is 0 Å². The Morgan fingerprint density at radius 2 is 1.13 bits per heavy atom. The standard InChI is InChI=1S/C14H30S/c1-2-3-4-5-6-7-8-9-10-11-12-13-14-15/h15H,2-14H2,1H3/i1D3,2D2,3D2,4D2,5D2,6D2,7D2,8D2,9D2,10D2,11D2,12D2,13D2,14D2. The lowest BCUT2D eigenvalue weighted by Gasteiger charge is -2.01. The van der Waals surface area contributed by atoms with Gasteiger partial charge in [-0.25, -0.2) is 0 Å². The Bertz CT molecular complexity index is 969. The molecule has 0 aliphatic rings. The van der Waals surface area contributed by atoms with Crippen LogP contribution in [0.4, 0.5) is 0 Å². The number of hydrogen-bond acceptors (Lipinski definition) is 1. The van der Waals surface area contributed by atoms with Crippen molar-refractivity contribution in [3.63, 3.8) is 0 Å². The molecule has 0 amide bonds. The smallest absolute Gasteiger partial charge is 0.0378 e. The summed E-state index contributed by atoms with van der Waals surface area (Å²) in [7, 11) is 0. The van der Waals surface area contributed by atoms with E-state index in [0.29, 0.717) is 0 Å². The van der Waals surface area contributed by atoms with Crippen LogP contribution in [0.1, 0.15) is 123 Å². The average Bonchev–Trinajstić information content (AvgIpc) is 2.75. The van der Waals surface area contributed by atoms with Gasteiger partial charge in [-0.15, -0.1) is 0 Å². The lowest BCUT2D eigenvalue weighted by molar-refractivity contribution is 0.548. The first kappa shape index (κ1) is 1.68. The molecule has 0 spiro atoms. The highest BCUT2D eigenvalue weighted by Gasteiger charge is 1.92. The highest BCUT2D eigenvalue weighted by atomic mass is 32.1. The van der Waals surface area contributed by atoms with E-state index in [9.17, 15) is 0 Å². The van der Waals surface area contributed by atoms with Gasteiger partial charge in [0.25, 0.3) is 0 Å². The fourth-order valence-electron chi connectivity index (χ4n) is 0.340. The lowest BCUT2D eigenvalue weighted by atomic mass is 10.1. The van der Waals surface area contributed by atoms with E-state index in [1.54, 1.807) is 0 Å². The molecule has 0 fully saturated rings. The van der Waals surface area contributed by atoms with Gasteiger partial charge in [0.1, 0.15) is 0 Å². The molecule has 0 bridgehead atoms. The zero-order valence-electron chi connectivity index (χ0n) is 36.4. The zero-order valence-corrected chi connectivity index (χ0v) is 8.34. The average molecular weight is 260 g/mol. The number of hydrogen-bond donors (Lipinski definition) is 1. The van der Waals surface area contributed by atoms with Crippen molar-refractivity contribution in [1.82, 2.24) is 0 Å². The summed E-state index contributed by atoms with van der Waals surface area (Å²) in [6, 6.07) is 0. The van der Waals surface area contributed by atoms with Crippen molar-refractivity contribution in [2.24, 2.45) is 0 Å². The van der Waals surface area contributed by atoms with E-state index in [-0.39, 0.29) is 0 Å². The van der Waals surface area contributed by atoms with Crippen molar-refractivity contribution in [3.05, 3.63) is 0 Å². The van der Waals surface area contributed by atoms with Crippen LogP contribution >= 0.6 is 12.6 Å². The van der Waals surface area contributed by atoms with Crippen molar-refractivity contribution in [1.29, 1.82) is 0 Å². The summed E-state index contributed by atoms with van der Waals surface area (Å²) in [5.41, 5.74) is -3.61. The summed E-state index contributed by atoms with van der Waals surface area (Å²) in [6.45, 7) is -4.05. The van der Waals surface area contributed by atoms with Crippen LogP contribution < -0.4 is 0 Å². The Labute approximate surface area is 143 Å². The third-order valence-corrected chi connectivity index (χ3v) is 0.855. The second kappa shape index (κ2) is 14.3. The molecule has 92 valence electrons. The molecular formula is C14H30S. The van der Waals surface area contributed by atoms with Crippen LogP contribution in [-0.4, -0.2) is 5.70 Å². The molecule has 0 atom stereocenters. The monoisotopic (exact) mass is 259 g/mol. The first-order valence-corrected chi connectivity index (χ1v) is 3.92.